The number of nitrogens with one attached hydrogen (secondary N) is 1. The Bertz CT molecular complexity index is 393. The maximum Gasteiger partial charge on any atom is 0.253 e. The third kappa shape index (κ3) is 4.63. The number of nitrogens with zero attached hydrogens (tertiary/aromatic N) is 1. The molecule has 94 valence electrons. The fourth-order valence-corrected chi connectivity index (χ4v) is 1.59. The van der Waals surface area contributed by atoms with Gasteiger partial charge >= 0.3 is 0 Å². The second-order valence-electron chi connectivity index (χ2n) is 4.14. The minimum absolute atomic E-state index is 0.177. The molecule has 1 aromatic carbocycles. The number of benzene rings is 1. The monoisotopic (exact) mass is 255 g/mol. The van der Waals surface area contributed by atoms with Crippen molar-refractivity contribution in [2.24, 2.45) is 0 Å². The van der Waals surface area contributed by atoms with Gasteiger partial charge in [-0.1, -0.05) is 11.6 Å². The lowest BCUT2D eigenvalue weighted by molar-refractivity contribution is 0.0953. The van der Waals surface area contributed by atoms with Gasteiger partial charge in [-0.3, -0.25) is 4.79 Å². The topological polar surface area (TPSA) is 58.4 Å². The number of hydrogen-bond acceptors (Lipinski definition) is 3. The third-order valence-electron chi connectivity index (χ3n) is 2.33. The highest BCUT2D eigenvalue weighted by Crippen LogP contribution is 2.17. The smallest absolute Gasteiger partial charge is 0.253 e. The van der Waals surface area contributed by atoms with Crippen LogP contribution in [0.5, 0.6) is 0 Å². The normalized spacial score (nSPS) is 10.6. The van der Waals surface area contributed by atoms with Crippen LogP contribution in [-0.4, -0.2) is 38.0 Å². The lowest BCUT2D eigenvalue weighted by Crippen LogP contribution is -2.27. The molecule has 5 heteroatoms. The number of amides is 1. The van der Waals surface area contributed by atoms with Crippen LogP contribution in [0.15, 0.2) is 18.2 Å². The van der Waals surface area contributed by atoms with Gasteiger partial charge in [-0.15, -0.1) is 0 Å². The Kier molecular flexibility index (Phi) is 5.25. The zero-order chi connectivity index (χ0) is 12.8. The molecule has 0 saturated heterocycles. The molecule has 0 unspecified atom stereocenters. The quantitative estimate of drug-likeness (QED) is 0.621. The van der Waals surface area contributed by atoms with Crippen LogP contribution in [0.2, 0.25) is 5.02 Å². The first-order valence-corrected chi connectivity index (χ1v) is 5.86. The molecule has 17 heavy (non-hydrogen) atoms. The molecule has 0 aliphatic heterocycles. The van der Waals surface area contributed by atoms with Crippen molar-refractivity contribution in [1.29, 1.82) is 0 Å². The molecular formula is C12H18ClN3O. The lowest BCUT2D eigenvalue weighted by atomic mass is 10.1. The molecule has 0 heterocycles. The summed E-state index contributed by atoms with van der Waals surface area (Å²) in [6.45, 7) is 1.56. The van der Waals surface area contributed by atoms with Crippen molar-refractivity contribution in [3.63, 3.8) is 0 Å². The predicted molar refractivity (Wildman–Crippen MR) is 71.4 cm³/mol. The van der Waals surface area contributed by atoms with Crippen molar-refractivity contribution >= 4 is 23.2 Å². The molecule has 0 fully saturated rings. The Morgan fingerprint density at radius 2 is 2.18 bits per heavy atom. The SMILES string of the molecule is CN(C)CCCNC(=O)c1cc(Cl)ccc1N. The number of hydrogen-bond donors (Lipinski definition) is 2. The highest BCUT2D eigenvalue weighted by Gasteiger charge is 2.09. The highest BCUT2D eigenvalue weighted by molar-refractivity contribution is 6.31. The second-order valence-corrected chi connectivity index (χ2v) is 4.58. The molecule has 1 rings (SSSR count). The summed E-state index contributed by atoms with van der Waals surface area (Å²) >= 11 is 5.82. The number of rotatable bonds is 5. The van der Waals surface area contributed by atoms with Crippen LogP contribution in [0, 0.1) is 0 Å². The molecule has 0 atom stereocenters. The fraction of sp³-hybridized carbons (Fsp3) is 0.417. The molecule has 3 N–H and O–H groups in total. The molecule has 1 aromatic rings. The van der Waals surface area contributed by atoms with Gasteiger partial charge in [0.05, 0.1) is 5.56 Å². The summed E-state index contributed by atoms with van der Waals surface area (Å²) in [5, 5.41) is 3.33. The van der Waals surface area contributed by atoms with Gasteiger partial charge in [-0.2, -0.15) is 0 Å². The summed E-state index contributed by atoms with van der Waals surface area (Å²) in [6.07, 6.45) is 0.902. The Balaban J connectivity index is 2.49. The van der Waals surface area contributed by atoms with E-state index in [4.69, 9.17) is 17.3 Å². The largest absolute Gasteiger partial charge is 0.398 e. The molecular weight excluding hydrogens is 238 g/mol. The van der Waals surface area contributed by atoms with E-state index < -0.39 is 0 Å². The van der Waals surface area contributed by atoms with Gasteiger partial charge in [0.15, 0.2) is 0 Å². The van der Waals surface area contributed by atoms with E-state index in [1.54, 1.807) is 18.2 Å². The van der Waals surface area contributed by atoms with E-state index in [9.17, 15) is 4.79 Å². The molecule has 0 aliphatic rings. The van der Waals surface area contributed by atoms with E-state index in [0.29, 0.717) is 22.8 Å². The highest BCUT2D eigenvalue weighted by atomic mass is 35.5. The van der Waals surface area contributed by atoms with E-state index >= 15 is 0 Å². The average molecular weight is 256 g/mol. The van der Waals surface area contributed by atoms with Crippen LogP contribution < -0.4 is 11.1 Å². The number of carbonyl (C=O) groups excluding carboxylic acids is 1. The number of nitrogen functional groups attached to an aromatic ring is 1. The first-order valence-electron chi connectivity index (χ1n) is 5.48. The predicted octanol–water partition coefficient (Wildman–Crippen LogP) is 1.60. The van der Waals surface area contributed by atoms with Crippen LogP contribution in [0.3, 0.4) is 0 Å². The van der Waals surface area contributed by atoms with E-state index in [1.165, 1.54) is 0 Å². The minimum Gasteiger partial charge on any atom is -0.398 e. The van der Waals surface area contributed by atoms with Crippen molar-refractivity contribution in [3.8, 4) is 0 Å². The van der Waals surface area contributed by atoms with Gasteiger partial charge in [0.2, 0.25) is 0 Å². The molecule has 0 radical (unpaired) electrons. The van der Waals surface area contributed by atoms with Gasteiger partial charge < -0.3 is 16.0 Å². The summed E-state index contributed by atoms with van der Waals surface area (Å²) in [6, 6.07) is 4.88. The average Bonchev–Trinajstić information content (AvgIpc) is 2.27. The first kappa shape index (κ1) is 13.8. The van der Waals surface area contributed by atoms with Crippen LogP contribution in [0.4, 0.5) is 5.69 Å². The molecule has 4 nitrogen and oxygen atoms in total. The molecule has 0 aromatic heterocycles. The molecule has 0 saturated carbocycles. The maximum atomic E-state index is 11.8. The van der Waals surface area contributed by atoms with Crippen molar-refractivity contribution in [3.05, 3.63) is 28.8 Å². The second kappa shape index (κ2) is 6.47. The van der Waals surface area contributed by atoms with Gasteiger partial charge in [0.1, 0.15) is 0 Å². The summed E-state index contributed by atoms with van der Waals surface area (Å²) in [5.41, 5.74) is 6.59. The van der Waals surface area contributed by atoms with Gasteiger partial charge in [0, 0.05) is 17.3 Å². The number of anilines is 1. The van der Waals surface area contributed by atoms with Crippen molar-refractivity contribution in [1.82, 2.24) is 10.2 Å². The Hall–Kier alpha value is -1.26. The summed E-state index contributed by atoms with van der Waals surface area (Å²) in [4.78, 5) is 13.9. The molecule has 0 bridgehead atoms. The van der Waals surface area contributed by atoms with E-state index in [2.05, 4.69) is 10.2 Å². The number of carbonyl (C=O) groups is 1. The zero-order valence-corrected chi connectivity index (χ0v) is 10.9. The van der Waals surface area contributed by atoms with Crippen LogP contribution >= 0.6 is 11.6 Å². The van der Waals surface area contributed by atoms with Crippen molar-refractivity contribution in [2.45, 2.75) is 6.42 Å². The lowest BCUT2D eigenvalue weighted by Gasteiger charge is -2.10. The molecule has 1 amide bonds. The Morgan fingerprint density at radius 3 is 2.82 bits per heavy atom. The third-order valence-corrected chi connectivity index (χ3v) is 2.56. The molecule has 0 spiro atoms. The van der Waals surface area contributed by atoms with Gasteiger partial charge in [-0.05, 0) is 45.3 Å². The number of nitrogens with two attached hydrogens (primary N) is 1. The maximum absolute atomic E-state index is 11.8. The van der Waals surface area contributed by atoms with E-state index in [0.717, 1.165) is 13.0 Å². The first-order chi connectivity index (χ1) is 8.00. The van der Waals surface area contributed by atoms with E-state index in [-0.39, 0.29) is 5.91 Å². The van der Waals surface area contributed by atoms with Crippen LogP contribution in [-0.2, 0) is 0 Å². The minimum atomic E-state index is -0.177. The summed E-state index contributed by atoms with van der Waals surface area (Å²) in [5.74, 6) is -0.177. The number of halogens is 1. The van der Waals surface area contributed by atoms with Crippen LogP contribution in [0.1, 0.15) is 16.8 Å². The van der Waals surface area contributed by atoms with Gasteiger partial charge in [0.25, 0.3) is 5.91 Å². The van der Waals surface area contributed by atoms with Gasteiger partial charge in [-0.25, -0.2) is 0 Å². The Labute approximate surface area is 107 Å². The summed E-state index contributed by atoms with van der Waals surface area (Å²) < 4.78 is 0. The zero-order valence-electron chi connectivity index (χ0n) is 10.2. The van der Waals surface area contributed by atoms with Crippen molar-refractivity contribution < 1.29 is 4.79 Å². The molecule has 0 aliphatic carbocycles. The standard InChI is InChI=1S/C12H18ClN3O/c1-16(2)7-3-6-15-12(17)10-8-9(13)4-5-11(10)14/h4-5,8H,3,6-7,14H2,1-2H3,(H,15,17). The van der Waals surface area contributed by atoms with Crippen LogP contribution in [0.25, 0.3) is 0 Å². The van der Waals surface area contributed by atoms with Crippen molar-refractivity contribution in [2.75, 3.05) is 32.9 Å². The Morgan fingerprint density at radius 1 is 1.47 bits per heavy atom. The van der Waals surface area contributed by atoms with E-state index in [1.807, 2.05) is 14.1 Å². The fourth-order valence-electron chi connectivity index (χ4n) is 1.42. The summed E-state index contributed by atoms with van der Waals surface area (Å²) in [7, 11) is 3.99.